The predicted octanol–water partition coefficient (Wildman–Crippen LogP) is 3.94. The summed E-state index contributed by atoms with van der Waals surface area (Å²) < 4.78 is 17.2. The molecule has 2 aromatic carbocycles. The average Bonchev–Trinajstić information content (AvgIpc) is 2.67. The number of benzene rings is 2. The van der Waals surface area contributed by atoms with Crippen molar-refractivity contribution in [1.82, 2.24) is 4.90 Å². The van der Waals surface area contributed by atoms with Gasteiger partial charge in [0.2, 0.25) is 0 Å². The lowest BCUT2D eigenvalue weighted by molar-refractivity contribution is -0.133. The van der Waals surface area contributed by atoms with Crippen molar-refractivity contribution in [2.75, 3.05) is 19.4 Å². The van der Waals surface area contributed by atoms with Gasteiger partial charge in [0, 0.05) is 19.3 Å². The van der Waals surface area contributed by atoms with E-state index in [9.17, 15) is 13.8 Å². The SMILES string of the molecule is CCS(=O)c1ccccc1C(=O)OCC(=O)N(C)Cc1ccc(Cl)c(Cl)c1. The van der Waals surface area contributed by atoms with Gasteiger partial charge in [-0.3, -0.25) is 9.00 Å². The number of esters is 1. The summed E-state index contributed by atoms with van der Waals surface area (Å²) in [6, 6.07) is 11.6. The third-order valence-electron chi connectivity index (χ3n) is 3.77. The van der Waals surface area contributed by atoms with Crippen LogP contribution in [0.2, 0.25) is 10.0 Å². The average molecular weight is 428 g/mol. The highest BCUT2D eigenvalue weighted by Gasteiger charge is 2.18. The quantitative estimate of drug-likeness (QED) is 0.627. The maximum Gasteiger partial charge on any atom is 0.339 e. The number of carbonyl (C=O) groups is 2. The molecular weight excluding hydrogens is 409 g/mol. The molecule has 0 bridgehead atoms. The van der Waals surface area contributed by atoms with Crippen LogP contribution >= 0.6 is 23.2 Å². The van der Waals surface area contributed by atoms with Gasteiger partial charge in [-0.1, -0.05) is 48.3 Å². The molecule has 0 aromatic heterocycles. The van der Waals surface area contributed by atoms with Gasteiger partial charge in [0.15, 0.2) is 6.61 Å². The summed E-state index contributed by atoms with van der Waals surface area (Å²) >= 11 is 11.8. The molecule has 0 saturated carbocycles. The van der Waals surface area contributed by atoms with Gasteiger partial charge in [-0.05, 0) is 29.8 Å². The minimum absolute atomic E-state index is 0.206. The van der Waals surface area contributed by atoms with Crippen LogP contribution in [-0.4, -0.2) is 40.4 Å². The number of hydrogen-bond acceptors (Lipinski definition) is 4. The molecule has 2 aromatic rings. The summed E-state index contributed by atoms with van der Waals surface area (Å²) in [7, 11) is 0.300. The molecule has 27 heavy (non-hydrogen) atoms. The third-order valence-corrected chi connectivity index (χ3v) is 5.88. The largest absolute Gasteiger partial charge is 0.452 e. The molecule has 8 heteroatoms. The lowest BCUT2D eigenvalue weighted by Gasteiger charge is -2.18. The molecule has 0 aliphatic heterocycles. The van der Waals surface area contributed by atoms with E-state index < -0.39 is 23.4 Å². The highest BCUT2D eigenvalue weighted by atomic mass is 35.5. The van der Waals surface area contributed by atoms with Crippen LogP contribution in [0.25, 0.3) is 0 Å². The Bertz CT molecular complexity index is 873. The maximum atomic E-state index is 12.3. The van der Waals surface area contributed by atoms with Crippen LogP contribution in [-0.2, 0) is 26.9 Å². The predicted molar refractivity (Wildman–Crippen MR) is 107 cm³/mol. The first-order valence-electron chi connectivity index (χ1n) is 8.16. The van der Waals surface area contributed by atoms with Gasteiger partial charge >= 0.3 is 5.97 Å². The number of hydrogen-bond donors (Lipinski definition) is 0. The molecule has 0 fully saturated rings. The standard InChI is InChI=1S/C19H19Cl2NO4S/c1-3-27(25)17-7-5-4-6-14(17)19(24)26-12-18(23)22(2)11-13-8-9-15(20)16(21)10-13/h4-10H,3,11-12H2,1-2H3. The summed E-state index contributed by atoms with van der Waals surface area (Å²) in [5, 5.41) is 0.841. The van der Waals surface area contributed by atoms with E-state index in [2.05, 4.69) is 0 Å². The number of ether oxygens (including phenoxy) is 1. The van der Waals surface area contributed by atoms with Crippen molar-refractivity contribution in [3.05, 3.63) is 63.6 Å². The van der Waals surface area contributed by atoms with E-state index >= 15 is 0 Å². The molecule has 1 atom stereocenters. The topological polar surface area (TPSA) is 63.7 Å². The van der Waals surface area contributed by atoms with E-state index in [4.69, 9.17) is 27.9 Å². The Kier molecular flexibility index (Phi) is 7.83. The summed E-state index contributed by atoms with van der Waals surface area (Å²) in [6.07, 6.45) is 0. The van der Waals surface area contributed by atoms with Crippen LogP contribution < -0.4 is 0 Å². The number of carbonyl (C=O) groups excluding carboxylic acids is 2. The van der Waals surface area contributed by atoms with Crippen molar-refractivity contribution in [2.45, 2.75) is 18.4 Å². The zero-order valence-corrected chi connectivity index (χ0v) is 17.2. The monoisotopic (exact) mass is 427 g/mol. The van der Waals surface area contributed by atoms with Gasteiger partial charge in [-0.25, -0.2) is 4.79 Å². The molecular formula is C19H19Cl2NO4S. The molecule has 2 rings (SSSR count). The molecule has 5 nitrogen and oxygen atoms in total. The van der Waals surface area contributed by atoms with Crippen molar-refractivity contribution < 1.29 is 18.5 Å². The molecule has 144 valence electrons. The molecule has 0 radical (unpaired) electrons. The Morgan fingerprint density at radius 3 is 2.48 bits per heavy atom. The van der Waals surface area contributed by atoms with E-state index in [0.29, 0.717) is 27.2 Å². The molecule has 1 unspecified atom stereocenters. The highest BCUT2D eigenvalue weighted by molar-refractivity contribution is 7.85. The summed E-state index contributed by atoms with van der Waals surface area (Å²) in [5.74, 6) is -0.664. The lowest BCUT2D eigenvalue weighted by Crippen LogP contribution is -2.31. The van der Waals surface area contributed by atoms with Crippen LogP contribution in [0.1, 0.15) is 22.8 Å². The van der Waals surface area contributed by atoms with Crippen LogP contribution in [0.15, 0.2) is 47.4 Å². The number of halogens is 2. The van der Waals surface area contributed by atoms with Gasteiger partial charge in [-0.15, -0.1) is 0 Å². The van der Waals surface area contributed by atoms with Crippen molar-refractivity contribution >= 4 is 45.9 Å². The molecule has 1 amide bonds. The van der Waals surface area contributed by atoms with Crippen molar-refractivity contribution in [3.63, 3.8) is 0 Å². The zero-order valence-electron chi connectivity index (χ0n) is 14.9. The molecule has 0 N–H and O–H groups in total. The van der Waals surface area contributed by atoms with E-state index in [1.165, 1.54) is 11.0 Å². The molecule has 0 aliphatic carbocycles. The van der Waals surface area contributed by atoms with Gasteiger partial charge in [0.25, 0.3) is 5.91 Å². The van der Waals surface area contributed by atoms with Crippen LogP contribution in [0, 0.1) is 0 Å². The second-order valence-corrected chi connectivity index (χ2v) is 8.23. The number of amides is 1. The van der Waals surface area contributed by atoms with Gasteiger partial charge < -0.3 is 9.64 Å². The molecule has 0 spiro atoms. The minimum Gasteiger partial charge on any atom is -0.452 e. The van der Waals surface area contributed by atoms with Crippen LogP contribution in [0.3, 0.4) is 0 Å². The first-order valence-corrected chi connectivity index (χ1v) is 10.2. The second kappa shape index (κ2) is 9.88. The normalized spacial score (nSPS) is 11.7. The van der Waals surface area contributed by atoms with Gasteiger partial charge in [0.05, 0.1) is 31.3 Å². The lowest BCUT2D eigenvalue weighted by atomic mass is 10.2. The van der Waals surface area contributed by atoms with E-state index in [1.807, 2.05) is 0 Å². The van der Waals surface area contributed by atoms with Crippen molar-refractivity contribution in [3.8, 4) is 0 Å². The summed E-state index contributed by atoms with van der Waals surface area (Å²) in [6.45, 7) is 1.65. The zero-order chi connectivity index (χ0) is 20.0. The van der Waals surface area contributed by atoms with Gasteiger partial charge in [0.1, 0.15) is 0 Å². The molecule has 0 saturated heterocycles. The van der Waals surface area contributed by atoms with Crippen LogP contribution in [0.5, 0.6) is 0 Å². The first kappa shape index (κ1) is 21.4. The van der Waals surface area contributed by atoms with Crippen molar-refractivity contribution in [1.29, 1.82) is 0 Å². The maximum absolute atomic E-state index is 12.3. The smallest absolute Gasteiger partial charge is 0.339 e. The fourth-order valence-corrected chi connectivity index (χ4v) is 3.56. The van der Waals surface area contributed by atoms with E-state index in [-0.39, 0.29) is 11.5 Å². The summed E-state index contributed by atoms with van der Waals surface area (Å²) in [4.78, 5) is 26.4. The van der Waals surface area contributed by atoms with Crippen molar-refractivity contribution in [2.24, 2.45) is 0 Å². The Labute approximate surface area is 170 Å². The first-order chi connectivity index (χ1) is 12.8. The fourth-order valence-electron chi connectivity index (χ4n) is 2.30. The minimum atomic E-state index is -1.30. The second-order valence-electron chi connectivity index (χ2n) is 5.70. The molecule has 0 aliphatic rings. The number of rotatable bonds is 7. The third kappa shape index (κ3) is 5.79. The molecule has 0 heterocycles. The Morgan fingerprint density at radius 1 is 1.11 bits per heavy atom. The summed E-state index contributed by atoms with van der Waals surface area (Å²) in [5.41, 5.74) is 1.01. The van der Waals surface area contributed by atoms with Crippen LogP contribution in [0.4, 0.5) is 0 Å². The Balaban J connectivity index is 1.97. The van der Waals surface area contributed by atoms with E-state index in [0.717, 1.165) is 5.56 Å². The van der Waals surface area contributed by atoms with Gasteiger partial charge in [-0.2, -0.15) is 0 Å². The number of nitrogens with zero attached hydrogens (tertiary/aromatic N) is 1. The van der Waals surface area contributed by atoms with E-state index in [1.54, 1.807) is 50.4 Å². The fraction of sp³-hybridized carbons (Fsp3) is 0.263. The number of likely N-dealkylation sites (N-methyl/N-ethyl adjacent to an activating group) is 1. The Hall–Kier alpha value is -1.89. The Morgan fingerprint density at radius 2 is 1.81 bits per heavy atom. The highest BCUT2D eigenvalue weighted by Crippen LogP contribution is 2.23.